The highest BCUT2D eigenvalue weighted by atomic mass is 32.1. The van der Waals surface area contributed by atoms with Gasteiger partial charge in [-0.15, -0.1) is 0 Å². The molecule has 3 N–H and O–H groups in total. The lowest BCUT2D eigenvalue weighted by molar-refractivity contribution is 0.742. The second-order valence-electron chi connectivity index (χ2n) is 4.40. The molecular formula is C13H17N5S. The van der Waals surface area contributed by atoms with Gasteiger partial charge in [0.15, 0.2) is 0 Å². The van der Waals surface area contributed by atoms with Crippen LogP contribution in [0.4, 0.5) is 5.82 Å². The van der Waals surface area contributed by atoms with E-state index >= 15 is 0 Å². The quantitative estimate of drug-likeness (QED) is 0.808. The summed E-state index contributed by atoms with van der Waals surface area (Å²) >= 11 is 4.98. The van der Waals surface area contributed by atoms with Crippen molar-refractivity contribution in [3.63, 3.8) is 0 Å². The van der Waals surface area contributed by atoms with Crippen molar-refractivity contribution in [1.82, 2.24) is 14.8 Å². The molecule has 19 heavy (non-hydrogen) atoms. The van der Waals surface area contributed by atoms with Crippen molar-refractivity contribution >= 4 is 23.0 Å². The van der Waals surface area contributed by atoms with Crippen LogP contribution in [0.2, 0.25) is 0 Å². The number of pyridine rings is 1. The minimum Gasteiger partial charge on any atom is -0.389 e. The number of anilines is 1. The molecule has 0 fully saturated rings. The molecule has 0 saturated carbocycles. The normalized spacial score (nSPS) is 10.4. The van der Waals surface area contributed by atoms with Crippen molar-refractivity contribution in [3.05, 3.63) is 41.3 Å². The first-order valence-electron chi connectivity index (χ1n) is 6.05. The first-order chi connectivity index (χ1) is 9.04. The molecule has 2 aromatic rings. The third kappa shape index (κ3) is 3.75. The van der Waals surface area contributed by atoms with E-state index in [2.05, 4.69) is 15.4 Å². The van der Waals surface area contributed by atoms with E-state index in [0.717, 1.165) is 35.7 Å². The first-order valence-corrected chi connectivity index (χ1v) is 6.46. The second-order valence-corrected chi connectivity index (χ2v) is 4.84. The Labute approximate surface area is 117 Å². The van der Waals surface area contributed by atoms with Crippen molar-refractivity contribution in [2.24, 2.45) is 12.8 Å². The van der Waals surface area contributed by atoms with Crippen molar-refractivity contribution in [2.75, 3.05) is 11.9 Å². The third-order valence-corrected chi connectivity index (χ3v) is 2.93. The van der Waals surface area contributed by atoms with Crippen LogP contribution < -0.4 is 11.1 Å². The van der Waals surface area contributed by atoms with Gasteiger partial charge in [-0.2, -0.15) is 5.10 Å². The monoisotopic (exact) mass is 275 g/mol. The molecule has 0 amide bonds. The van der Waals surface area contributed by atoms with Crippen molar-refractivity contribution < 1.29 is 0 Å². The van der Waals surface area contributed by atoms with Crippen LogP contribution in [-0.4, -0.2) is 26.3 Å². The van der Waals surface area contributed by atoms with Crippen LogP contribution in [0.5, 0.6) is 0 Å². The van der Waals surface area contributed by atoms with Crippen LogP contribution in [-0.2, 0) is 13.5 Å². The summed E-state index contributed by atoms with van der Waals surface area (Å²) in [5.74, 6) is 0.790. The lowest BCUT2D eigenvalue weighted by Gasteiger charge is -2.08. The van der Waals surface area contributed by atoms with E-state index in [0.29, 0.717) is 4.99 Å². The van der Waals surface area contributed by atoms with E-state index < -0.39 is 0 Å². The molecule has 0 saturated heterocycles. The molecule has 0 bridgehead atoms. The maximum absolute atomic E-state index is 5.64. The lowest BCUT2D eigenvalue weighted by Crippen LogP contribution is -2.12. The standard InChI is InChI=1S/C13H17N5S/c1-9-7-10(13(14)19)8-12(16-9)15-5-3-11-4-6-18(2)17-11/h4,6-8H,3,5H2,1-2H3,(H2,14,19)(H,15,16). The molecule has 5 nitrogen and oxygen atoms in total. The van der Waals surface area contributed by atoms with E-state index in [1.807, 2.05) is 38.4 Å². The maximum atomic E-state index is 5.64. The number of aromatic nitrogens is 3. The smallest absolute Gasteiger partial charge is 0.126 e. The zero-order valence-corrected chi connectivity index (χ0v) is 11.9. The Balaban J connectivity index is 1.97. The van der Waals surface area contributed by atoms with E-state index in [9.17, 15) is 0 Å². The molecule has 0 atom stereocenters. The van der Waals surface area contributed by atoms with Crippen LogP contribution in [0.1, 0.15) is 17.0 Å². The lowest BCUT2D eigenvalue weighted by atomic mass is 10.2. The third-order valence-electron chi connectivity index (χ3n) is 2.69. The van der Waals surface area contributed by atoms with E-state index in [4.69, 9.17) is 18.0 Å². The van der Waals surface area contributed by atoms with Gasteiger partial charge >= 0.3 is 0 Å². The molecule has 0 aliphatic rings. The summed E-state index contributed by atoms with van der Waals surface area (Å²) < 4.78 is 1.80. The maximum Gasteiger partial charge on any atom is 0.126 e. The summed E-state index contributed by atoms with van der Waals surface area (Å²) in [6.07, 6.45) is 2.78. The number of aryl methyl sites for hydroxylation is 2. The van der Waals surface area contributed by atoms with Gasteiger partial charge < -0.3 is 11.1 Å². The summed E-state index contributed by atoms with van der Waals surface area (Å²) in [7, 11) is 1.91. The van der Waals surface area contributed by atoms with Crippen molar-refractivity contribution in [3.8, 4) is 0 Å². The highest BCUT2D eigenvalue weighted by Crippen LogP contribution is 2.10. The molecule has 2 heterocycles. The Bertz CT molecular complexity index is 590. The average Bonchev–Trinajstić information content (AvgIpc) is 2.74. The van der Waals surface area contributed by atoms with Gasteiger partial charge in [0.1, 0.15) is 10.8 Å². The number of nitrogens with two attached hydrogens (primary N) is 1. The molecule has 100 valence electrons. The Morgan fingerprint density at radius 2 is 2.26 bits per heavy atom. The Hall–Kier alpha value is -1.95. The predicted molar refractivity (Wildman–Crippen MR) is 80.3 cm³/mol. The largest absolute Gasteiger partial charge is 0.389 e. The summed E-state index contributed by atoms with van der Waals surface area (Å²) in [6.45, 7) is 2.69. The molecule has 0 aromatic carbocycles. The topological polar surface area (TPSA) is 68.8 Å². The molecule has 2 rings (SSSR count). The van der Waals surface area contributed by atoms with Crippen LogP contribution in [0, 0.1) is 6.92 Å². The van der Waals surface area contributed by atoms with Crippen LogP contribution in [0.3, 0.4) is 0 Å². The summed E-state index contributed by atoms with van der Waals surface area (Å²) in [4.78, 5) is 4.79. The van der Waals surface area contributed by atoms with E-state index in [-0.39, 0.29) is 0 Å². The molecule has 2 aromatic heterocycles. The number of hydrogen-bond acceptors (Lipinski definition) is 4. The SMILES string of the molecule is Cc1cc(C(N)=S)cc(NCCc2ccn(C)n2)n1. The summed E-state index contributed by atoms with van der Waals surface area (Å²) in [5.41, 5.74) is 8.42. The second kappa shape index (κ2) is 5.79. The van der Waals surface area contributed by atoms with Gasteiger partial charge in [0.05, 0.1) is 5.69 Å². The fourth-order valence-corrected chi connectivity index (χ4v) is 1.93. The number of rotatable bonds is 5. The zero-order valence-electron chi connectivity index (χ0n) is 11.1. The van der Waals surface area contributed by atoms with Crippen LogP contribution in [0.15, 0.2) is 24.4 Å². The molecule has 0 unspecified atom stereocenters. The van der Waals surface area contributed by atoms with Crippen molar-refractivity contribution in [2.45, 2.75) is 13.3 Å². The summed E-state index contributed by atoms with van der Waals surface area (Å²) in [5, 5.41) is 7.58. The Morgan fingerprint density at radius 3 is 2.89 bits per heavy atom. The number of nitrogens with zero attached hydrogens (tertiary/aromatic N) is 3. The van der Waals surface area contributed by atoms with E-state index in [1.165, 1.54) is 0 Å². The number of thiocarbonyl (C=S) groups is 1. The van der Waals surface area contributed by atoms with Gasteiger partial charge in [0, 0.05) is 37.5 Å². The van der Waals surface area contributed by atoms with Crippen LogP contribution in [0.25, 0.3) is 0 Å². The van der Waals surface area contributed by atoms with Gasteiger partial charge in [0.2, 0.25) is 0 Å². The Morgan fingerprint density at radius 1 is 1.47 bits per heavy atom. The molecule has 0 aliphatic carbocycles. The highest BCUT2D eigenvalue weighted by Gasteiger charge is 2.03. The van der Waals surface area contributed by atoms with Gasteiger partial charge in [0.25, 0.3) is 0 Å². The fourth-order valence-electron chi connectivity index (χ4n) is 1.82. The first kappa shape index (κ1) is 13.5. The molecule has 6 heteroatoms. The molecule has 0 spiro atoms. The van der Waals surface area contributed by atoms with Gasteiger partial charge in [-0.05, 0) is 25.1 Å². The van der Waals surface area contributed by atoms with Gasteiger partial charge in [-0.1, -0.05) is 12.2 Å². The fraction of sp³-hybridized carbons (Fsp3) is 0.308. The van der Waals surface area contributed by atoms with E-state index in [1.54, 1.807) is 4.68 Å². The minimum atomic E-state index is 0.387. The van der Waals surface area contributed by atoms with Crippen molar-refractivity contribution in [1.29, 1.82) is 0 Å². The zero-order chi connectivity index (χ0) is 13.8. The highest BCUT2D eigenvalue weighted by molar-refractivity contribution is 7.80. The van der Waals surface area contributed by atoms with Crippen LogP contribution >= 0.6 is 12.2 Å². The summed E-state index contributed by atoms with van der Waals surface area (Å²) in [6, 6.07) is 5.76. The Kier molecular flexibility index (Phi) is 4.11. The van der Waals surface area contributed by atoms with Gasteiger partial charge in [-0.3, -0.25) is 4.68 Å². The molecule has 0 radical (unpaired) electrons. The minimum absolute atomic E-state index is 0.387. The molecule has 0 aliphatic heterocycles. The molecular weight excluding hydrogens is 258 g/mol. The predicted octanol–water partition coefficient (Wildman–Crippen LogP) is 1.41. The number of hydrogen-bond donors (Lipinski definition) is 2. The number of nitrogens with one attached hydrogen (secondary N) is 1. The van der Waals surface area contributed by atoms with Gasteiger partial charge in [-0.25, -0.2) is 4.98 Å². The average molecular weight is 275 g/mol.